The van der Waals surface area contributed by atoms with Crippen LogP contribution < -0.4 is 0 Å². The van der Waals surface area contributed by atoms with Crippen molar-refractivity contribution in [1.82, 2.24) is 0 Å². The zero-order valence-corrected chi connectivity index (χ0v) is 8.66. The molecule has 1 rings (SSSR count). The van der Waals surface area contributed by atoms with Gasteiger partial charge in [-0.3, -0.25) is 4.79 Å². The van der Waals surface area contributed by atoms with Gasteiger partial charge in [0.15, 0.2) is 0 Å². The molecule has 2 atom stereocenters. The molecule has 1 N–H and O–H groups in total. The van der Waals surface area contributed by atoms with Gasteiger partial charge in [0.1, 0.15) is 11.3 Å². The summed E-state index contributed by atoms with van der Waals surface area (Å²) >= 11 is 5.28. The molecule has 0 heterocycles. The first-order valence-corrected chi connectivity index (χ1v) is 4.76. The highest BCUT2D eigenvalue weighted by Gasteiger charge is 2.47. The smallest absolute Gasteiger partial charge is 0.397 e. The van der Waals surface area contributed by atoms with Crippen LogP contribution in [0.5, 0.6) is 0 Å². The molecule has 0 saturated heterocycles. The molecule has 16 heavy (non-hydrogen) atoms. The summed E-state index contributed by atoms with van der Waals surface area (Å²) in [6, 6.07) is 6.76. The van der Waals surface area contributed by atoms with E-state index in [1.807, 2.05) is 0 Å². The molecule has 2 nitrogen and oxygen atoms in total. The standard InChI is InChI=1S/C10H8ClF3O2/c11-8(9(15)16)7(10(12,13)14)6-4-2-1-3-5-6/h1-5,7-8H,(H,15,16). The number of hydrogen-bond acceptors (Lipinski definition) is 1. The highest BCUT2D eigenvalue weighted by atomic mass is 35.5. The highest BCUT2D eigenvalue weighted by molar-refractivity contribution is 6.30. The average Bonchev–Trinajstić information content (AvgIpc) is 2.17. The average molecular weight is 253 g/mol. The van der Waals surface area contributed by atoms with Crippen molar-refractivity contribution in [2.75, 3.05) is 0 Å². The number of benzene rings is 1. The summed E-state index contributed by atoms with van der Waals surface area (Å²) in [6.07, 6.45) is -4.69. The molecule has 0 aromatic heterocycles. The Labute approximate surface area is 94.6 Å². The van der Waals surface area contributed by atoms with Crippen LogP contribution in [0, 0.1) is 0 Å². The minimum absolute atomic E-state index is 0.155. The summed E-state index contributed by atoms with van der Waals surface area (Å²) in [5, 5.41) is 6.52. The lowest BCUT2D eigenvalue weighted by atomic mass is 9.95. The van der Waals surface area contributed by atoms with Crippen molar-refractivity contribution in [1.29, 1.82) is 0 Å². The number of carboxylic acids is 1. The maximum absolute atomic E-state index is 12.7. The molecule has 88 valence electrons. The van der Waals surface area contributed by atoms with Crippen LogP contribution in [-0.2, 0) is 4.79 Å². The van der Waals surface area contributed by atoms with Gasteiger partial charge in [-0.15, -0.1) is 11.6 Å². The SMILES string of the molecule is O=C(O)C(Cl)C(c1ccccc1)C(F)(F)F. The normalized spacial score (nSPS) is 15.5. The van der Waals surface area contributed by atoms with Gasteiger partial charge in [-0.05, 0) is 5.56 Å². The molecular weight excluding hydrogens is 245 g/mol. The molecule has 0 saturated carbocycles. The van der Waals surface area contributed by atoms with Gasteiger partial charge in [-0.2, -0.15) is 13.2 Å². The summed E-state index contributed by atoms with van der Waals surface area (Å²) in [6.45, 7) is 0. The van der Waals surface area contributed by atoms with Crippen LogP contribution in [-0.4, -0.2) is 22.6 Å². The van der Waals surface area contributed by atoms with Gasteiger partial charge < -0.3 is 5.11 Å². The van der Waals surface area contributed by atoms with E-state index >= 15 is 0 Å². The van der Waals surface area contributed by atoms with Crippen LogP contribution in [0.1, 0.15) is 11.5 Å². The Morgan fingerprint density at radius 3 is 2.12 bits per heavy atom. The second kappa shape index (κ2) is 4.74. The molecule has 0 fully saturated rings. The van der Waals surface area contributed by atoms with Crippen molar-refractivity contribution in [3.05, 3.63) is 35.9 Å². The first-order valence-electron chi connectivity index (χ1n) is 4.32. The number of halogens is 4. The molecule has 0 radical (unpaired) electrons. The van der Waals surface area contributed by atoms with E-state index in [9.17, 15) is 18.0 Å². The summed E-state index contributed by atoms with van der Waals surface area (Å²) in [5.74, 6) is -3.89. The minimum Gasteiger partial charge on any atom is -0.480 e. The first kappa shape index (κ1) is 12.8. The molecule has 6 heteroatoms. The van der Waals surface area contributed by atoms with Gasteiger partial charge in [0, 0.05) is 0 Å². The van der Waals surface area contributed by atoms with Crippen molar-refractivity contribution in [3.63, 3.8) is 0 Å². The van der Waals surface area contributed by atoms with Gasteiger partial charge >= 0.3 is 12.1 Å². The van der Waals surface area contributed by atoms with Crippen molar-refractivity contribution >= 4 is 17.6 Å². The van der Waals surface area contributed by atoms with E-state index < -0.39 is 23.4 Å². The summed E-state index contributed by atoms with van der Waals surface area (Å²) < 4.78 is 38.0. The number of carbonyl (C=O) groups is 1. The topological polar surface area (TPSA) is 37.3 Å². The molecule has 0 bridgehead atoms. The summed E-state index contributed by atoms with van der Waals surface area (Å²) in [5.41, 5.74) is -0.155. The number of aliphatic carboxylic acids is 1. The monoisotopic (exact) mass is 252 g/mol. The van der Waals surface area contributed by atoms with Crippen LogP contribution >= 0.6 is 11.6 Å². The van der Waals surface area contributed by atoms with E-state index in [4.69, 9.17) is 16.7 Å². The number of rotatable bonds is 3. The van der Waals surface area contributed by atoms with Crippen molar-refractivity contribution in [3.8, 4) is 0 Å². The fourth-order valence-corrected chi connectivity index (χ4v) is 1.62. The van der Waals surface area contributed by atoms with Gasteiger partial charge in [0.25, 0.3) is 0 Å². The van der Waals surface area contributed by atoms with Gasteiger partial charge in [-0.25, -0.2) is 0 Å². The van der Waals surface area contributed by atoms with E-state index in [-0.39, 0.29) is 5.56 Å². The van der Waals surface area contributed by atoms with E-state index in [2.05, 4.69) is 0 Å². The Bertz CT molecular complexity index is 364. The third-order valence-corrected chi connectivity index (χ3v) is 2.48. The zero-order valence-electron chi connectivity index (χ0n) is 7.91. The Hall–Kier alpha value is -1.23. The van der Waals surface area contributed by atoms with Crippen LogP contribution in [0.3, 0.4) is 0 Å². The van der Waals surface area contributed by atoms with Crippen LogP contribution in [0.15, 0.2) is 30.3 Å². The molecule has 0 spiro atoms. The van der Waals surface area contributed by atoms with E-state index in [0.717, 1.165) is 0 Å². The Morgan fingerprint density at radius 1 is 1.25 bits per heavy atom. The molecule has 0 aliphatic heterocycles. The highest BCUT2D eigenvalue weighted by Crippen LogP contribution is 2.39. The number of alkyl halides is 4. The molecule has 1 aromatic carbocycles. The third kappa shape index (κ3) is 2.88. The lowest BCUT2D eigenvalue weighted by Gasteiger charge is -2.22. The molecule has 0 aliphatic carbocycles. The zero-order chi connectivity index (χ0) is 12.3. The van der Waals surface area contributed by atoms with Crippen molar-refractivity contribution in [2.45, 2.75) is 17.5 Å². The second-order valence-electron chi connectivity index (χ2n) is 3.17. The Kier molecular flexibility index (Phi) is 3.80. The molecule has 0 aliphatic rings. The molecule has 1 aromatic rings. The van der Waals surface area contributed by atoms with E-state index in [1.54, 1.807) is 6.07 Å². The van der Waals surface area contributed by atoms with Crippen LogP contribution in [0.2, 0.25) is 0 Å². The lowest BCUT2D eigenvalue weighted by Crippen LogP contribution is -2.33. The quantitative estimate of drug-likeness (QED) is 0.840. The number of carboxylic acid groups (broad SMARTS) is 1. The number of hydrogen-bond donors (Lipinski definition) is 1. The van der Waals surface area contributed by atoms with E-state index in [0.29, 0.717) is 0 Å². The fourth-order valence-electron chi connectivity index (χ4n) is 1.33. The van der Waals surface area contributed by atoms with E-state index in [1.165, 1.54) is 24.3 Å². The van der Waals surface area contributed by atoms with Crippen molar-refractivity contribution < 1.29 is 23.1 Å². The Balaban J connectivity index is 3.12. The lowest BCUT2D eigenvalue weighted by molar-refractivity contribution is -0.162. The summed E-state index contributed by atoms with van der Waals surface area (Å²) in [7, 11) is 0. The largest absolute Gasteiger partial charge is 0.480 e. The van der Waals surface area contributed by atoms with Gasteiger partial charge in [-0.1, -0.05) is 30.3 Å². The van der Waals surface area contributed by atoms with Gasteiger partial charge in [0.2, 0.25) is 0 Å². The molecular formula is C10H8ClF3O2. The van der Waals surface area contributed by atoms with Crippen LogP contribution in [0.4, 0.5) is 13.2 Å². The van der Waals surface area contributed by atoms with Crippen LogP contribution in [0.25, 0.3) is 0 Å². The minimum atomic E-state index is -4.69. The molecule has 0 amide bonds. The predicted molar refractivity (Wildman–Crippen MR) is 52.5 cm³/mol. The molecule has 2 unspecified atom stereocenters. The third-order valence-electron chi connectivity index (χ3n) is 2.04. The predicted octanol–water partition coefficient (Wildman–Crippen LogP) is 3.02. The Morgan fingerprint density at radius 2 is 1.75 bits per heavy atom. The fraction of sp³-hybridized carbons (Fsp3) is 0.300. The maximum atomic E-state index is 12.7. The van der Waals surface area contributed by atoms with Gasteiger partial charge in [0.05, 0.1) is 0 Å². The van der Waals surface area contributed by atoms with Crippen molar-refractivity contribution in [2.24, 2.45) is 0 Å². The first-order chi connectivity index (χ1) is 7.34. The second-order valence-corrected chi connectivity index (χ2v) is 3.64. The summed E-state index contributed by atoms with van der Waals surface area (Å²) in [4.78, 5) is 10.5. The maximum Gasteiger partial charge on any atom is 0.397 e.